The Morgan fingerprint density at radius 3 is 2.44 bits per heavy atom. The molecule has 0 heterocycles. The first-order valence-corrected chi connectivity index (χ1v) is 13.0. The smallest absolute Gasteiger partial charge is 0.126 e. The molecule has 32 heavy (non-hydrogen) atoms. The van der Waals surface area contributed by atoms with Crippen LogP contribution in [0, 0.1) is 23.1 Å². The van der Waals surface area contributed by atoms with Crippen molar-refractivity contribution < 1.29 is 4.39 Å². The molecule has 0 aliphatic heterocycles. The maximum Gasteiger partial charge on any atom is 0.126 e. The fourth-order valence-electron chi connectivity index (χ4n) is 6.04. The van der Waals surface area contributed by atoms with Crippen molar-refractivity contribution in [2.75, 3.05) is 0 Å². The van der Waals surface area contributed by atoms with Gasteiger partial charge in [0.25, 0.3) is 0 Å². The molecular weight excluding hydrogens is 393 g/mol. The van der Waals surface area contributed by atoms with Gasteiger partial charge in [-0.3, -0.25) is 0 Å². The molecule has 2 aromatic carbocycles. The van der Waals surface area contributed by atoms with Crippen molar-refractivity contribution >= 4 is 0 Å². The summed E-state index contributed by atoms with van der Waals surface area (Å²) in [5.41, 5.74) is 5.35. The van der Waals surface area contributed by atoms with Crippen molar-refractivity contribution in [3.8, 4) is 6.07 Å². The summed E-state index contributed by atoms with van der Waals surface area (Å²) in [5.74, 6) is 1.66. The lowest BCUT2D eigenvalue weighted by atomic mass is 9.76. The average molecular weight is 432 g/mol. The van der Waals surface area contributed by atoms with Gasteiger partial charge < -0.3 is 0 Å². The Kier molecular flexibility index (Phi) is 8.01. The quantitative estimate of drug-likeness (QED) is 0.384. The molecule has 0 N–H and O–H groups in total. The van der Waals surface area contributed by atoms with E-state index in [0.29, 0.717) is 5.92 Å². The van der Waals surface area contributed by atoms with Gasteiger partial charge in [0.15, 0.2) is 0 Å². The number of fused-ring (bicyclic) bond motifs is 1. The van der Waals surface area contributed by atoms with Gasteiger partial charge in [-0.25, -0.2) is 4.39 Å². The number of rotatable bonds is 8. The molecule has 2 aliphatic rings. The lowest BCUT2D eigenvalue weighted by Crippen LogP contribution is -2.16. The summed E-state index contributed by atoms with van der Waals surface area (Å²) >= 11 is 0. The van der Waals surface area contributed by atoms with Gasteiger partial charge in [0.05, 0.1) is 11.6 Å². The van der Waals surface area contributed by atoms with E-state index in [1.165, 1.54) is 80.9 Å². The number of halogens is 1. The molecule has 4 rings (SSSR count). The third-order valence-electron chi connectivity index (χ3n) is 8.06. The van der Waals surface area contributed by atoms with Crippen molar-refractivity contribution in [3.63, 3.8) is 0 Å². The summed E-state index contributed by atoms with van der Waals surface area (Å²) in [6, 6.07) is 14.3. The van der Waals surface area contributed by atoms with E-state index in [1.807, 2.05) is 18.2 Å². The zero-order valence-electron chi connectivity index (χ0n) is 19.7. The lowest BCUT2D eigenvalue weighted by Gasteiger charge is -2.30. The predicted octanol–water partition coefficient (Wildman–Crippen LogP) is 8.60. The Morgan fingerprint density at radius 1 is 0.875 bits per heavy atom. The van der Waals surface area contributed by atoms with E-state index in [1.54, 1.807) is 0 Å². The number of nitrogens with zero attached hydrogens (tertiary/aromatic N) is 1. The fraction of sp³-hybridized carbons (Fsp3) is 0.567. The third-order valence-corrected chi connectivity index (χ3v) is 8.06. The highest BCUT2D eigenvalue weighted by atomic mass is 19.1. The monoisotopic (exact) mass is 431 g/mol. The van der Waals surface area contributed by atoms with Gasteiger partial charge in [-0.15, -0.1) is 0 Å². The number of unbranched alkanes of at least 4 members (excludes halogenated alkanes) is 4. The van der Waals surface area contributed by atoms with Crippen LogP contribution in [0.3, 0.4) is 0 Å². The lowest BCUT2D eigenvalue weighted by molar-refractivity contribution is 0.301. The van der Waals surface area contributed by atoms with Crippen LogP contribution in [-0.4, -0.2) is 0 Å². The Labute approximate surface area is 194 Å². The van der Waals surface area contributed by atoms with Crippen LogP contribution in [0.4, 0.5) is 4.39 Å². The molecule has 170 valence electrons. The zero-order valence-corrected chi connectivity index (χ0v) is 19.7. The van der Waals surface area contributed by atoms with Crippen LogP contribution in [0.1, 0.15) is 117 Å². The molecule has 0 bridgehead atoms. The van der Waals surface area contributed by atoms with Crippen LogP contribution in [0.2, 0.25) is 0 Å². The first-order chi connectivity index (χ1) is 15.7. The normalized spacial score (nSPS) is 22.8. The first kappa shape index (κ1) is 23.0. The highest BCUT2D eigenvalue weighted by Gasteiger charge is 2.26. The minimum Gasteiger partial charge on any atom is -0.207 e. The summed E-state index contributed by atoms with van der Waals surface area (Å²) in [6.45, 7) is 2.27. The molecule has 0 spiro atoms. The van der Waals surface area contributed by atoms with Crippen LogP contribution < -0.4 is 0 Å². The summed E-state index contributed by atoms with van der Waals surface area (Å²) in [6.07, 6.45) is 16.1. The molecular formula is C30H38FN. The summed E-state index contributed by atoms with van der Waals surface area (Å²) in [7, 11) is 0. The maximum atomic E-state index is 15.2. The summed E-state index contributed by atoms with van der Waals surface area (Å²) in [5, 5.41) is 9.12. The third kappa shape index (κ3) is 5.61. The van der Waals surface area contributed by atoms with Crippen LogP contribution in [-0.2, 0) is 12.8 Å². The molecule has 1 saturated carbocycles. The van der Waals surface area contributed by atoms with Crippen molar-refractivity contribution in [1.82, 2.24) is 0 Å². The number of benzene rings is 2. The molecule has 0 amide bonds. The molecule has 0 radical (unpaired) electrons. The fourth-order valence-corrected chi connectivity index (χ4v) is 6.04. The second-order valence-corrected chi connectivity index (χ2v) is 10.2. The Balaban J connectivity index is 1.32. The Morgan fingerprint density at radius 2 is 1.69 bits per heavy atom. The number of hydrogen-bond donors (Lipinski definition) is 0. The molecule has 1 unspecified atom stereocenters. The molecule has 2 aliphatic carbocycles. The van der Waals surface area contributed by atoms with Crippen molar-refractivity contribution in [2.24, 2.45) is 5.92 Å². The highest BCUT2D eigenvalue weighted by Crippen LogP contribution is 2.40. The van der Waals surface area contributed by atoms with E-state index in [4.69, 9.17) is 5.26 Å². The Hall–Kier alpha value is -2.14. The van der Waals surface area contributed by atoms with E-state index in [9.17, 15) is 0 Å². The highest BCUT2D eigenvalue weighted by molar-refractivity contribution is 5.41. The van der Waals surface area contributed by atoms with E-state index in [0.717, 1.165) is 36.3 Å². The number of nitriles is 1. The molecule has 1 atom stereocenters. The zero-order chi connectivity index (χ0) is 22.3. The molecule has 1 fully saturated rings. The van der Waals surface area contributed by atoms with Crippen LogP contribution in [0.25, 0.3) is 0 Å². The number of aryl methyl sites for hydroxylation is 1. The molecule has 1 nitrogen and oxygen atoms in total. The SMILES string of the molecule is CCCCCCCC1CCC(c2ccc(C3CCc4cc(C#N)ccc4C3)c(F)c2)CC1. The van der Waals surface area contributed by atoms with E-state index < -0.39 is 0 Å². The van der Waals surface area contributed by atoms with Crippen molar-refractivity contribution in [3.05, 3.63) is 70.0 Å². The molecule has 0 saturated heterocycles. The first-order valence-electron chi connectivity index (χ1n) is 13.0. The maximum absolute atomic E-state index is 15.2. The van der Waals surface area contributed by atoms with Crippen molar-refractivity contribution in [1.29, 1.82) is 5.26 Å². The van der Waals surface area contributed by atoms with Crippen LogP contribution in [0.5, 0.6) is 0 Å². The van der Waals surface area contributed by atoms with Crippen LogP contribution in [0.15, 0.2) is 36.4 Å². The molecule has 0 aromatic heterocycles. The Bertz CT molecular complexity index is 932. The van der Waals surface area contributed by atoms with E-state index >= 15 is 4.39 Å². The number of hydrogen-bond acceptors (Lipinski definition) is 1. The molecule has 2 aromatic rings. The van der Waals surface area contributed by atoms with Crippen molar-refractivity contribution in [2.45, 2.75) is 102 Å². The van der Waals surface area contributed by atoms with Gasteiger partial charge in [0.2, 0.25) is 0 Å². The summed E-state index contributed by atoms with van der Waals surface area (Å²) < 4.78 is 15.2. The molecule has 2 heteroatoms. The van der Waals surface area contributed by atoms with Gasteiger partial charge in [0, 0.05) is 0 Å². The van der Waals surface area contributed by atoms with Gasteiger partial charge in [-0.1, -0.05) is 63.6 Å². The van der Waals surface area contributed by atoms with Gasteiger partial charge in [-0.05, 0) is 103 Å². The minimum atomic E-state index is -0.0114. The summed E-state index contributed by atoms with van der Waals surface area (Å²) in [4.78, 5) is 0. The van der Waals surface area contributed by atoms with E-state index in [-0.39, 0.29) is 11.7 Å². The predicted molar refractivity (Wildman–Crippen MR) is 130 cm³/mol. The van der Waals surface area contributed by atoms with Gasteiger partial charge in [0.1, 0.15) is 5.82 Å². The minimum absolute atomic E-state index is 0.0114. The second-order valence-electron chi connectivity index (χ2n) is 10.2. The van der Waals surface area contributed by atoms with E-state index in [2.05, 4.69) is 31.2 Å². The largest absolute Gasteiger partial charge is 0.207 e. The van der Waals surface area contributed by atoms with Crippen LogP contribution >= 0.6 is 0 Å². The average Bonchev–Trinajstić information content (AvgIpc) is 2.83. The second kappa shape index (κ2) is 11.1. The standard InChI is InChI=1S/C30H38FN/c1-2-3-4-5-6-7-22-8-11-24(12-9-22)27-16-17-29(30(31)20-27)28-15-14-25-18-23(21-32)10-13-26(25)19-28/h10,13,16-18,20,22,24,28H,2-9,11-12,14-15,19H2,1H3. The topological polar surface area (TPSA) is 23.8 Å². The van der Waals surface area contributed by atoms with Gasteiger partial charge >= 0.3 is 0 Å². The van der Waals surface area contributed by atoms with Gasteiger partial charge in [-0.2, -0.15) is 5.26 Å².